The van der Waals surface area contributed by atoms with Crippen molar-refractivity contribution in [3.63, 3.8) is 0 Å². The van der Waals surface area contributed by atoms with Crippen LogP contribution in [0.2, 0.25) is 0 Å². The highest BCUT2D eigenvalue weighted by Gasteiger charge is 2.62. The number of rotatable bonds is 4. The van der Waals surface area contributed by atoms with Gasteiger partial charge in [-0.1, -0.05) is 12.2 Å². The van der Waals surface area contributed by atoms with Gasteiger partial charge in [-0.2, -0.15) is 0 Å². The molecule has 0 heterocycles. The predicted molar refractivity (Wildman–Crippen MR) is 74.0 cm³/mol. The van der Waals surface area contributed by atoms with Crippen LogP contribution in [0, 0.1) is 20.2 Å². The molecule has 2 N–H and O–H groups in total. The maximum Gasteiger partial charge on any atom is 0.371 e. The van der Waals surface area contributed by atoms with Crippen LogP contribution >= 0.6 is 0 Å². The lowest BCUT2D eigenvalue weighted by Crippen LogP contribution is -2.57. The molecule has 21 heavy (non-hydrogen) atoms. The Morgan fingerprint density at radius 1 is 1.14 bits per heavy atom. The zero-order valence-corrected chi connectivity index (χ0v) is 10.7. The van der Waals surface area contributed by atoms with Gasteiger partial charge in [0.2, 0.25) is 0 Å². The molecule has 0 aromatic heterocycles. The van der Waals surface area contributed by atoms with Gasteiger partial charge in [-0.05, 0) is 30.3 Å². The van der Waals surface area contributed by atoms with Gasteiger partial charge in [0.05, 0.1) is 0 Å². The van der Waals surface area contributed by atoms with Crippen molar-refractivity contribution in [3.8, 4) is 0 Å². The average molecular weight is 289 g/mol. The second-order valence-corrected chi connectivity index (χ2v) is 4.51. The minimum absolute atomic E-state index is 0.00676. The minimum atomic E-state index is -2.45. The van der Waals surface area contributed by atoms with E-state index in [4.69, 9.17) is 5.73 Å². The van der Waals surface area contributed by atoms with Gasteiger partial charge in [-0.15, -0.1) is 0 Å². The van der Waals surface area contributed by atoms with Crippen LogP contribution in [0.15, 0.2) is 48.6 Å². The molecule has 8 nitrogen and oxygen atoms in total. The van der Waals surface area contributed by atoms with E-state index in [1.165, 1.54) is 36.4 Å². The highest BCUT2D eigenvalue weighted by Crippen LogP contribution is 2.29. The number of carbonyl (C=O) groups is 1. The first-order valence-electron chi connectivity index (χ1n) is 5.94. The first-order valence-corrected chi connectivity index (χ1v) is 5.94. The standard InChI is InChI=1S/C13H11N3O5/c14-10-6-4-9(5-7-10)12(17)13(16(20)21)8-2-1-3-11(13)15(18)19/h1-8,11H,14H2. The Bertz CT molecular complexity index is 665. The summed E-state index contributed by atoms with van der Waals surface area (Å²) in [4.78, 5) is 33.3. The number of nitro groups is 2. The van der Waals surface area contributed by atoms with E-state index >= 15 is 0 Å². The van der Waals surface area contributed by atoms with Gasteiger partial charge < -0.3 is 5.73 Å². The van der Waals surface area contributed by atoms with Crippen LogP contribution in [0.3, 0.4) is 0 Å². The second kappa shape index (κ2) is 5.16. The number of nitrogens with two attached hydrogens (primary N) is 1. The molecule has 1 aromatic rings. The predicted octanol–water partition coefficient (Wildman–Crippen LogP) is 1.24. The fourth-order valence-electron chi connectivity index (χ4n) is 2.18. The number of nitrogen functional groups attached to an aromatic ring is 1. The van der Waals surface area contributed by atoms with Crippen molar-refractivity contribution < 1.29 is 14.6 Å². The highest BCUT2D eigenvalue weighted by molar-refractivity contribution is 6.04. The van der Waals surface area contributed by atoms with Crippen molar-refractivity contribution in [1.82, 2.24) is 0 Å². The van der Waals surface area contributed by atoms with Crippen molar-refractivity contribution >= 4 is 11.5 Å². The monoisotopic (exact) mass is 289 g/mol. The topological polar surface area (TPSA) is 129 Å². The fraction of sp³-hybridized carbons (Fsp3) is 0.154. The van der Waals surface area contributed by atoms with E-state index in [9.17, 15) is 25.0 Å². The molecule has 0 radical (unpaired) electrons. The summed E-state index contributed by atoms with van der Waals surface area (Å²) in [5.41, 5.74) is 3.42. The van der Waals surface area contributed by atoms with Crippen molar-refractivity contribution in [1.29, 1.82) is 0 Å². The smallest absolute Gasteiger partial charge is 0.371 e. The molecule has 0 spiro atoms. The van der Waals surface area contributed by atoms with Gasteiger partial charge in [0, 0.05) is 27.2 Å². The van der Waals surface area contributed by atoms with E-state index in [2.05, 4.69) is 0 Å². The number of hydrogen-bond acceptors (Lipinski definition) is 6. The number of allylic oxidation sites excluding steroid dienone is 2. The number of nitrogens with zero attached hydrogens (tertiary/aromatic N) is 2. The molecule has 0 amide bonds. The van der Waals surface area contributed by atoms with Crippen molar-refractivity contribution in [2.24, 2.45) is 0 Å². The molecule has 0 bridgehead atoms. The molecule has 1 aliphatic carbocycles. The molecular weight excluding hydrogens is 278 g/mol. The van der Waals surface area contributed by atoms with Crippen molar-refractivity contribution in [2.45, 2.75) is 11.6 Å². The quantitative estimate of drug-likeness (QED) is 0.384. The Kier molecular flexibility index (Phi) is 3.53. The van der Waals surface area contributed by atoms with E-state index in [0.29, 0.717) is 5.69 Å². The van der Waals surface area contributed by atoms with Crippen LogP contribution in [-0.2, 0) is 0 Å². The lowest BCUT2D eigenvalue weighted by molar-refractivity contribution is -0.618. The average Bonchev–Trinajstić information content (AvgIpc) is 2.46. The largest absolute Gasteiger partial charge is 0.399 e. The van der Waals surface area contributed by atoms with E-state index in [1.54, 1.807) is 0 Å². The Balaban J connectivity index is 2.57. The van der Waals surface area contributed by atoms with E-state index in [1.807, 2.05) is 0 Å². The molecule has 108 valence electrons. The molecular formula is C13H11N3O5. The van der Waals surface area contributed by atoms with Crippen LogP contribution in [0.1, 0.15) is 10.4 Å². The fourth-order valence-corrected chi connectivity index (χ4v) is 2.18. The number of benzene rings is 1. The van der Waals surface area contributed by atoms with Gasteiger partial charge in [-0.25, -0.2) is 0 Å². The summed E-state index contributed by atoms with van der Waals surface area (Å²) < 4.78 is 0. The minimum Gasteiger partial charge on any atom is -0.399 e. The van der Waals surface area contributed by atoms with Crippen molar-refractivity contribution in [3.05, 3.63) is 74.4 Å². The summed E-state index contributed by atoms with van der Waals surface area (Å²) in [6, 6.07) is 3.68. The Morgan fingerprint density at radius 2 is 1.76 bits per heavy atom. The first-order chi connectivity index (χ1) is 9.89. The van der Waals surface area contributed by atoms with Crippen LogP contribution < -0.4 is 5.73 Å². The maximum atomic E-state index is 12.5. The first kappa shape index (κ1) is 14.4. The number of ketones is 1. The lowest BCUT2D eigenvalue weighted by atomic mass is 9.80. The highest BCUT2D eigenvalue weighted by atomic mass is 16.6. The van der Waals surface area contributed by atoms with Crippen LogP contribution in [0.25, 0.3) is 0 Å². The summed E-state index contributed by atoms with van der Waals surface area (Å²) in [5, 5.41) is 22.6. The molecule has 0 fully saturated rings. The summed E-state index contributed by atoms with van der Waals surface area (Å²) in [6.45, 7) is 0. The number of anilines is 1. The van der Waals surface area contributed by atoms with Gasteiger partial charge >= 0.3 is 11.6 Å². The summed E-state index contributed by atoms with van der Waals surface area (Å²) in [5.74, 6) is -0.949. The van der Waals surface area contributed by atoms with Gasteiger partial charge in [0.25, 0.3) is 5.78 Å². The number of hydrogen-bond donors (Lipinski definition) is 1. The van der Waals surface area contributed by atoms with Gasteiger partial charge in [-0.3, -0.25) is 25.0 Å². The van der Waals surface area contributed by atoms with E-state index < -0.39 is 27.2 Å². The molecule has 2 rings (SSSR count). The van der Waals surface area contributed by atoms with Crippen LogP contribution in [0.4, 0.5) is 5.69 Å². The van der Waals surface area contributed by atoms with Crippen LogP contribution in [0.5, 0.6) is 0 Å². The molecule has 0 saturated heterocycles. The summed E-state index contributed by atoms with van der Waals surface area (Å²) in [6.07, 6.45) is 4.57. The molecule has 1 aliphatic rings. The van der Waals surface area contributed by atoms with Gasteiger partial charge in [0.15, 0.2) is 0 Å². The zero-order valence-electron chi connectivity index (χ0n) is 10.7. The SMILES string of the molecule is Nc1ccc(C(=O)C2([N+](=O)[O-])C=CC=CC2[N+](=O)[O-])cc1. The third kappa shape index (κ3) is 2.27. The Hall–Kier alpha value is -3.03. The number of carbonyl (C=O) groups excluding carboxylic acids is 1. The normalized spacial score (nSPS) is 23.7. The molecule has 0 aliphatic heterocycles. The molecule has 2 atom stereocenters. The molecule has 8 heteroatoms. The van der Waals surface area contributed by atoms with Gasteiger partial charge in [0.1, 0.15) is 0 Å². The Morgan fingerprint density at radius 3 is 2.29 bits per heavy atom. The van der Waals surface area contributed by atoms with Crippen molar-refractivity contribution in [2.75, 3.05) is 5.73 Å². The molecule has 2 unspecified atom stereocenters. The second-order valence-electron chi connectivity index (χ2n) is 4.51. The summed E-state index contributed by atoms with van der Waals surface area (Å²) >= 11 is 0. The number of Topliss-reactive ketones (excluding diaryl/α,β-unsaturated/α-hetero) is 1. The lowest BCUT2D eigenvalue weighted by Gasteiger charge is -2.23. The summed E-state index contributed by atoms with van der Waals surface area (Å²) in [7, 11) is 0. The third-order valence-corrected chi connectivity index (χ3v) is 3.27. The third-order valence-electron chi connectivity index (χ3n) is 3.27. The Labute approximate surface area is 118 Å². The molecule has 1 aromatic carbocycles. The molecule has 0 saturated carbocycles. The zero-order chi connectivity index (χ0) is 15.6. The maximum absolute atomic E-state index is 12.5. The van der Waals surface area contributed by atoms with E-state index in [0.717, 1.165) is 12.2 Å². The van der Waals surface area contributed by atoms with Crippen LogP contribution in [-0.4, -0.2) is 27.2 Å². The van der Waals surface area contributed by atoms with E-state index in [-0.39, 0.29) is 5.56 Å².